The lowest BCUT2D eigenvalue weighted by Crippen LogP contribution is -2.31. The third-order valence-corrected chi connectivity index (χ3v) is 5.20. The lowest BCUT2D eigenvalue weighted by Gasteiger charge is -2.29. The van der Waals surface area contributed by atoms with Crippen LogP contribution in [0.3, 0.4) is 0 Å². The summed E-state index contributed by atoms with van der Waals surface area (Å²) in [6.07, 6.45) is 10.2. The molecule has 118 valence electrons. The van der Waals surface area contributed by atoms with Crippen LogP contribution in [0, 0.1) is 5.92 Å². The molecule has 1 N–H and O–H groups in total. The highest BCUT2D eigenvalue weighted by atomic mass is 32.2. The maximum absolute atomic E-state index is 11.5. The van der Waals surface area contributed by atoms with Gasteiger partial charge in [-0.25, -0.2) is 13.1 Å². The van der Waals surface area contributed by atoms with Gasteiger partial charge >= 0.3 is 0 Å². The maximum Gasteiger partial charge on any atom is 0.208 e. The van der Waals surface area contributed by atoms with E-state index in [1.807, 2.05) is 18.2 Å². The fourth-order valence-corrected chi connectivity index (χ4v) is 3.87. The fourth-order valence-electron chi connectivity index (χ4n) is 3.39. The topological polar surface area (TPSA) is 46.2 Å². The van der Waals surface area contributed by atoms with Gasteiger partial charge in [-0.15, -0.1) is 0 Å². The largest absolute Gasteiger partial charge is 0.215 e. The number of hydrogen-bond acceptors (Lipinski definition) is 2. The van der Waals surface area contributed by atoms with Crippen molar-refractivity contribution in [2.24, 2.45) is 5.92 Å². The second-order valence-corrected chi connectivity index (χ2v) is 8.08. The van der Waals surface area contributed by atoms with E-state index in [4.69, 9.17) is 0 Å². The van der Waals surface area contributed by atoms with Crippen LogP contribution in [0.2, 0.25) is 0 Å². The molecule has 1 aliphatic carbocycles. The Balaban J connectivity index is 2.13. The van der Waals surface area contributed by atoms with Crippen molar-refractivity contribution in [3.05, 3.63) is 35.9 Å². The average Bonchev–Trinajstić information content (AvgIpc) is 2.40. The van der Waals surface area contributed by atoms with Crippen molar-refractivity contribution < 1.29 is 8.42 Å². The van der Waals surface area contributed by atoms with Crippen LogP contribution < -0.4 is 4.72 Å². The molecule has 1 saturated carbocycles. The molecule has 1 aromatic rings. The first-order chi connectivity index (χ1) is 10.1. The first kappa shape index (κ1) is 16.5. The molecule has 1 aliphatic rings. The summed E-state index contributed by atoms with van der Waals surface area (Å²) in [6, 6.07) is 10.4. The molecule has 0 amide bonds. The molecule has 2 rings (SSSR count). The number of rotatable bonds is 5. The van der Waals surface area contributed by atoms with Crippen LogP contribution in [0.25, 0.3) is 0 Å². The van der Waals surface area contributed by atoms with Crippen molar-refractivity contribution in [2.75, 3.05) is 12.8 Å². The maximum atomic E-state index is 11.5. The minimum atomic E-state index is -3.13. The molecule has 1 atom stereocenters. The Morgan fingerprint density at radius 1 is 1.05 bits per heavy atom. The molecule has 0 spiro atoms. The zero-order chi connectivity index (χ0) is 15.1. The summed E-state index contributed by atoms with van der Waals surface area (Å²) in [6.45, 7) is 0.521. The monoisotopic (exact) mass is 309 g/mol. The Morgan fingerprint density at radius 2 is 1.62 bits per heavy atom. The van der Waals surface area contributed by atoms with Crippen LogP contribution in [0.1, 0.15) is 56.4 Å². The Kier molecular flexibility index (Phi) is 6.24. The van der Waals surface area contributed by atoms with Gasteiger partial charge in [0.05, 0.1) is 6.26 Å². The standard InChI is InChI=1S/C17H27NO2S/c1-21(19,20)18-14-17(16-12-8-5-9-13-16)15-10-6-3-2-4-7-11-15/h5,8-9,12-13,15,17-18H,2-4,6-7,10-11,14H2,1H3/t17-/m0/s1. The van der Waals surface area contributed by atoms with Crippen molar-refractivity contribution in [2.45, 2.75) is 50.9 Å². The quantitative estimate of drug-likeness (QED) is 0.902. The third-order valence-electron chi connectivity index (χ3n) is 4.51. The minimum Gasteiger partial charge on any atom is -0.215 e. The summed E-state index contributed by atoms with van der Waals surface area (Å²) in [5.74, 6) is 0.876. The lowest BCUT2D eigenvalue weighted by molar-refractivity contribution is 0.322. The summed E-state index contributed by atoms with van der Waals surface area (Å²) in [5.41, 5.74) is 1.26. The van der Waals surface area contributed by atoms with Crippen molar-refractivity contribution in [3.63, 3.8) is 0 Å². The Bertz CT molecular complexity index is 505. The van der Waals surface area contributed by atoms with E-state index >= 15 is 0 Å². The van der Waals surface area contributed by atoms with Gasteiger partial charge in [-0.3, -0.25) is 0 Å². The highest BCUT2D eigenvalue weighted by Crippen LogP contribution is 2.34. The van der Waals surface area contributed by atoms with Gasteiger partial charge in [-0.05, 0) is 24.3 Å². The average molecular weight is 309 g/mol. The Hall–Kier alpha value is -0.870. The Morgan fingerprint density at radius 3 is 2.19 bits per heavy atom. The van der Waals surface area contributed by atoms with Crippen LogP contribution >= 0.6 is 0 Å². The van der Waals surface area contributed by atoms with Crippen LogP contribution in [-0.4, -0.2) is 21.2 Å². The summed E-state index contributed by atoms with van der Waals surface area (Å²) in [7, 11) is -3.13. The second kappa shape index (κ2) is 7.95. The lowest BCUT2D eigenvalue weighted by atomic mass is 9.78. The number of hydrogen-bond donors (Lipinski definition) is 1. The van der Waals surface area contributed by atoms with Crippen LogP contribution in [0.15, 0.2) is 30.3 Å². The van der Waals surface area contributed by atoms with Gasteiger partial charge in [-0.2, -0.15) is 0 Å². The van der Waals surface area contributed by atoms with Gasteiger partial charge in [0.1, 0.15) is 0 Å². The number of benzene rings is 1. The predicted octanol–water partition coefficient (Wildman–Crippen LogP) is 3.68. The highest BCUT2D eigenvalue weighted by Gasteiger charge is 2.24. The molecule has 0 aliphatic heterocycles. The van der Waals surface area contributed by atoms with E-state index in [0.717, 1.165) is 0 Å². The van der Waals surface area contributed by atoms with Gasteiger partial charge in [0.2, 0.25) is 10.0 Å². The van der Waals surface area contributed by atoms with E-state index in [1.165, 1.54) is 56.8 Å². The summed E-state index contributed by atoms with van der Waals surface area (Å²) in [5, 5.41) is 0. The first-order valence-corrected chi connectivity index (χ1v) is 9.95. The molecular weight excluding hydrogens is 282 g/mol. The van der Waals surface area contributed by atoms with Crippen molar-refractivity contribution >= 4 is 10.0 Å². The molecule has 1 fully saturated rings. The molecule has 0 aromatic heterocycles. The van der Waals surface area contributed by atoms with E-state index in [1.54, 1.807) is 0 Å². The zero-order valence-electron chi connectivity index (χ0n) is 12.9. The SMILES string of the molecule is CS(=O)(=O)NC[C@H](c1ccccc1)C1CCCCCCC1. The van der Waals surface area contributed by atoms with Gasteiger partial charge in [0, 0.05) is 12.5 Å². The van der Waals surface area contributed by atoms with Gasteiger partial charge < -0.3 is 0 Å². The van der Waals surface area contributed by atoms with E-state index in [-0.39, 0.29) is 0 Å². The summed E-state index contributed by atoms with van der Waals surface area (Å²) >= 11 is 0. The molecule has 3 nitrogen and oxygen atoms in total. The predicted molar refractivity (Wildman–Crippen MR) is 87.8 cm³/mol. The molecule has 0 unspecified atom stereocenters. The highest BCUT2D eigenvalue weighted by molar-refractivity contribution is 7.88. The van der Waals surface area contributed by atoms with Gasteiger partial charge in [-0.1, -0.05) is 62.4 Å². The zero-order valence-corrected chi connectivity index (χ0v) is 13.7. The molecule has 1 aromatic carbocycles. The summed E-state index contributed by atoms with van der Waals surface area (Å²) in [4.78, 5) is 0. The van der Waals surface area contributed by atoms with Gasteiger partial charge in [0.25, 0.3) is 0 Å². The van der Waals surface area contributed by atoms with Crippen molar-refractivity contribution in [1.82, 2.24) is 4.72 Å². The van der Waals surface area contributed by atoms with Crippen LogP contribution in [0.5, 0.6) is 0 Å². The first-order valence-electron chi connectivity index (χ1n) is 8.06. The number of nitrogens with one attached hydrogen (secondary N) is 1. The van der Waals surface area contributed by atoms with E-state index in [0.29, 0.717) is 18.4 Å². The number of sulfonamides is 1. The van der Waals surface area contributed by atoms with Crippen LogP contribution in [-0.2, 0) is 10.0 Å². The fraction of sp³-hybridized carbons (Fsp3) is 0.647. The molecule has 0 heterocycles. The molecule has 0 radical (unpaired) electrons. The van der Waals surface area contributed by atoms with E-state index in [9.17, 15) is 8.42 Å². The normalized spacial score (nSPS) is 19.7. The molecule has 21 heavy (non-hydrogen) atoms. The van der Waals surface area contributed by atoms with Crippen molar-refractivity contribution in [1.29, 1.82) is 0 Å². The minimum absolute atomic E-state index is 0.291. The van der Waals surface area contributed by atoms with Crippen molar-refractivity contribution in [3.8, 4) is 0 Å². The third kappa shape index (κ3) is 5.79. The van der Waals surface area contributed by atoms with Gasteiger partial charge in [0.15, 0.2) is 0 Å². The van der Waals surface area contributed by atoms with E-state index in [2.05, 4.69) is 16.9 Å². The van der Waals surface area contributed by atoms with E-state index < -0.39 is 10.0 Å². The second-order valence-electron chi connectivity index (χ2n) is 6.24. The molecular formula is C17H27NO2S. The smallest absolute Gasteiger partial charge is 0.208 e. The van der Waals surface area contributed by atoms with Crippen LogP contribution in [0.4, 0.5) is 0 Å². The molecule has 4 heteroatoms. The Labute approximate surface area is 129 Å². The summed E-state index contributed by atoms with van der Waals surface area (Å²) < 4.78 is 25.6. The molecule has 0 saturated heterocycles. The molecule has 0 bridgehead atoms.